The first-order valence-electron chi connectivity index (χ1n) is 12.9. The number of hydrogen-bond donors (Lipinski definition) is 2. The number of urea groups is 1. The predicted octanol–water partition coefficient (Wildman–Crippen LogP) is 5.13. The third kappa shape index (κ3) is 5.22. The molecule has 0 spiro atoms. The van der Waals surface area contributed by atoms with Crippen LogP contribution >= 0.6 is 0 Å². The Balaban J connectivity index is 1.33. The molecule has 38 heavy (non-hydrogen) atoms. The van der Waals surface area contributed by atoms with Gasteiger partial charge in [0.2, 0.25) is 0 Å². The van der Waals surface area contributed by atoms with Crippen molar-refractivity contribution in [2.24, 2.45) is 5.92 Å². The molecule has 2 aromatic rings. The molecular weight excluding hydrogens is 500 g/mol. The highest BCUT2D eigenvalue weighted by molar-refractivity contribution is 5.90. The highest BCUT2D eigenvalue weighted by Crippen LogP contribution is 2.62. The lowest BCUT2D eigenvalue weighted by Crippen LogP contribution is -2.48. The Morgan fingerprint density at radius 2 is 2.03 bits per heavy atom. The number of β-amino-alcohol motifs (C(OH)–C–C–N with tert-alkyl or cyclic N) is 1. The number of likely N-dealkylation sites (tertiary alicyclic amines) is 1. The van der Waals surface area contributed by atoms with Crippen molar-refractivity contribution in [3.8, 4) is 6.07 Å². The summed E-state index contributed by atoms with van der Waals surface area (Å²) >= 11 is 0. The number of fused-ring (bicyclic) bond motifs is 1. The molecule has 2 saturated carbocycles. The second-order valence-electron chi connectivity index (χ2n) is 10.7. The Morgan fingerprint density at radius 1 is 1.24 bits per heavy atom. The van der Waals surface area contributed by atoms with E-state index in [9.17, 15) is 32.7 Å². The van der Waals surface area contributed by atoms with Crippen LogP contribution in [0.15, 0.2) is 42.5 Å². The number of benzene rings is 2. The number of anilines is 1. The Labute approximate surface area is 218 Å². The Kier molecular flexibility index (Phi) is 7.09. The molecule has 10 heteroatoms. The van der Waals surface area contributed by atoms with Crippen molar-refractivity contribution in [2.45, 2.75) is 55.8 Å². The van der Waals surface area contributed by atoms with Gasteiger partial charge < -0.3 is 15.3 Å². The fourth-order valence-corrected chi connectivity index (χ4v) is 6.29. The standard InChI is InChI=1S/C28H30F4N4O2/c29-25-23(28(30,31)32)5-2-6-24(25)34-26(38)36(12-11-35-10-8-22(37)17-35)21-7-9-27(15-20(27)14-21)19-4-1-3-18(13-19)16-33/h1-6,13,20-22,37H,7-12,14-15,17H2,(H,34,38)/t20?,21-,22+,27-/m1/s1. The number of alkyl halides is 3. The van der Waals surface area contributed by atoms with Crippen LogP contribution in [0.5, 0.6) is 0 Å². The molecule has 202 valence electrons. The molecule has 2 aliphatic carbocycles. The monoisotopic (exact) mass is 530 g/mol. The van der Waals surface area contributed by atoms with Gasteiger partial charge in [-0.3, -0.25) is 4.90 Å². The molecule has 1 aliphatic heterocycles. The Bertz CT molecular complexity index is 1250. The normalized spacial score (nSPS) is 26.9. The zero-order valence-corrected chi connectivity index (χ0v) is 20.8. The van der Waals surface area contributed by atoms with Gasteiger partial charge in [0.25, 0.3) is 0 Å². The maximum atomic E-state index is 14.7. The molecular formula is C28H30F4N4O2. The summed E-state index contributed by atoms with van der Waals surface area (Å²) in [6.45, 7) is 2.02. The third-order valence-corrected chi connectivity index (χ3v) is 8.43. The van der Waals surface area contributed by atoms with Crippen LogP contribution in [0.25, 0.3) is 0 Å². The number of carbonyl (C=O) groups excluding carboxylic acids is 1. The number of carbonyl (C=O) groups is 1. The molecule has 2 amide bonds. The average Bonchev–Trinajstić information content (AvgIpc) is 3.49. The van der Waals surface area contributed by atoms with Crippen LogP contribution in [0, 0.1) is 23.1 Å². The second kappa shape index (κ2) is 10.2. The number of rotatable bonds is 6. The molecule has 1 heterocycles. The summed E-state index contributed by atoms with van der Waals surface area (Å²) in [7, 11) is 0. The Morgan fingerprint density at radius 3 is 2.71 bits per heavy atom. The number of nitrogens with zero attached hydrogens (tertiary/aromatic N) is 3. The van der Waals surface area contributed by atoms with Crippen molar-refractivity contribution in [2.75, 3.05) is 31.5 Å². The lowest BCUT2D eigenvalue weighted by molar-refractivity contribution is -0.139. The topological polar surface area (TPSA) is 79.6 Å². The molecule has 5 rings (SSSR count). The van der Waals surface area contributed by atoms with Gasteiger partial charge in [0.1, 0.15) is 0 Å². The molecule has 0 aromatic heterocycles. The maximum absolute atomic E-state index is 14.7. The van der Waals surface area contributed by atoms with Gasteiger partial charge in [0, 0.05) is 32.2 Å². The molecule has 1 saturated heterocycles. The fraction of sp³-hybridized carbons (Fsp3) is 0.500. The zero-order chi connectivity index (χ0) is 27.1. The van der Waals surface area contributed by atoms with Gasteiger partial charge in [-0.05, 0) is 73.3 Å². The largest absolute Gasteiger partial charge is 0.419 e. The van der Waals surface area contributed by atoms with Gasteiger partial charge >= 0.3 is 12.2 Å². The summed E-state index contributed by atoms with van der Waals surface area (Å²) in [6.07, 6.45) is -1.45. The molecule has 3 aliphatic rings. The summed E-state index contributed by atoms with van der Waals surface area (Å²) in [6, 6.07) is 11.9. The highest BCUT2D eigenvalue weighted by Gasteiger charge is 2.58. The van der Waals surface area contributed by atoms with Crippen LogP contribution in [0.3, 0.4) is 0 Å². The number of aliphatic hydroxyl groups is 1. The van der Waals surface area contributed by atoms with E-state index in [4.69, 9.17) is 0 Å². The van der Waals surface area contributed by atoms with E-state index in [0.29, 0.717) is 56.6 Å². The molecule has 2 N–H and O–H groups in total. The molecule has 4 atom stereocenters. The first-order valence-corrected chi connectivity index (χ1v) is 12.9. The summed E-state index contributed by atoms with van der Waals surface area (Å²) in [4.78, 5) is 17.1. The third-order valence-electron chi connectivity index (χ3n) is 8.43. The minimum Gasteiger partial charge on any atom is -0.392 e. The molecule has 0 bridgehead atoms. The zero-order valence-electron chi connectivity index (χ0n) is 20.8. The first kappa shape index (κ1) is 26.4. The minimum atomic E-state index is -4.87. The van der Waals surface area contributed by atoms with Crippen LogP contribution in [0.1, 0.15) is 48.8 Å². The van der Waals surface area contributed by atoms with Crippen LogP contribution in [0.4, 0.5) is 28.0 Å². The number of amides is 2. The van der Waals surface area contributed by atoms with Gasteiger partial charge in [-0.25, -0.2) is 9.18 Å². The summed E-state index contributed by atoms with van der Waals surface area (Å²) < 4.78 is 54.3. The van der Waals surface area contributed by atoms with Gasteiger partial charge in [-0.15, -0.1) is 0 Å². The van der Waals surface area contributed by atoms with Gasteiger partial charge in [-0.2, -0.15) is 18.4 Å². The molecule has 3 fully saturated rings. The van der Waals surface area contributed by atoms with E-state index in [1.807, 2.05) is 23.1 Å². The first-order chi connectivity index (χ1) is 18.1. The van der Waals surface area contributed by atoms with Gasteiger partial charge in [0.05, 0.1) is 29.0 Å². The van der Waals surface area contributed by atoms with Crippen LogP contribution < -0.4 is 5.32 Å². The molecule has 1 unspecified atom stereocenters. The lowest BCUT2D eigenvalue weighted by Gasteiger charge is -2.37. The van der Waals surface area contributed by atoms with Crippen LogP contribution in [0.2, 0.25) is 0 Å². The van der Waals surface area contributed by atoms with Crippen molar-refractivity contribution in [1.82, 2.24) is 9.80 Å². The van der Waals surface area contributed by atoms with Crippen molar-refractivity contribution >= 4 is 11.7 Å². The number of aliphatic hydroxyl groups excluding tert-OH is 1. The molecule has 0 radical (unpaired) electrons. The minimum absolute atomic E-state index is 0.0162. The fourth-order valence-electron chi connectivity index (χ4n) is 6.29. The number of hydrogen-bond acceptors (Lipinski definition) is 4. The maximum Gasteiger partial charge on any atom is 0.419 e. The quantitative estimate of drug-likeness (QED) is 0.508. The van der Waals surface area contributed by atoms with Crippen molar-refractivity contribution in [3.05, 3.63) is 65.0 Å². The van der Waals surface area contributed by atoms with Crippen LogP contribution in [-0.2, 0) is 11.6 Å². The van der Waals surface area contributed by atoms with E-state index >= 15 is 0 Å². The van der Waals surface area contributed by atoms with Crippen LogP contribution in [-0.4, -0.2) is 59.3 Å². The number of nitriles is 1. The van der Waals surface area contributed by atoms with Crippen molar-refractivity contribution in [3.63, 3.8) is 0 Å². The number of halogens is 4. The van der Waals surface area contributed by atoms with Crippen molar-refractivity contribution < 1.29 is 27.5 Å². The van der Waals surface area contributed by atoms with E-state index in [0.717, 1.165) is 37.0 Å². The molecule has 2 aromatic carbocycles. The SMILES string of the molecule is N#Cc1cccc([C@]23CC[C@@H](N(CCN4CC[C@H](O)C4)C(=O)Nc4cccc(C(F)(F)F)c4F)CC2C3)c1. The summed E-state index contributed by atoms with van der Waals surface area (Å²) in [5.74, 6) is -1.18. The average molecular weight is 531 g/mol. The number of nitrogens with one attached hydrogen (secondary N) is 1. The van der Waals surface area contributed by atoms with Gasteiger partial charge in [0.15, 0.2) is 5.82 Å². The van der Waals surface area contributed by atoms with E-state index in [2.05, 4.69) is 11.4 Å². The van der Waals surface area contributed by atoms with Crippen molar-refractivity contribution in [1.29, 1.82) is 5.26 Å². The van der Waals surface area contributed by atoms with E-state index < -0.39 is 35.4 Å². The second-order valence-corrected chi connectivity index (χ2v) is 10.7. The Hall–Kier alpha value is -3.16. The molecule has 6 nitrogen and oxygen atoms in total. The van der Waals surface area contributed by atoms with E-state index in [1.54, 1.807) is 11.0 Å². The smallest absolute Gasteiger partial charge is 0.392 e. The lowest BCUT2D eigenvalue weighted by atomic mass is 9.80. The van der Waals surface area contributed by atoms with E-state index in [1.165, 1.54) is 0 Å². The summed E-state index contributed by atoms with van der Waals surface area (Å²) in [5, 5.41) is 21.6. The predicted molar refractivity (Wildman–Crippen MR) is 133 cm³/mol. The summed E-state index contributed by atoms with van der Waals surface area (Å²) in [5.41, 5.74) is -0.198. The highest BCUT2D eigenvalue weighted by atomic mass is 19.4. The van der Waals surface area contributed by atoms with Gasteiger partial charge in [-0.1, -0.05) is 18.2 Å². The van der Waals surface area contributed by atoms with E-state index in [-0.39, 0.29) is 11.5 Å².